The predicted molar refractivity (Wildman–Crippen MR) is 364 cm³/mol. The molecule has 0 saturated heterocycles. The minimum Gasteiger partial charge on any atom is -0.481 e. The van der Waals surface area contributed by atoms with E-state index in [1.54, 1.807) is 24.3 Å². The number of hydrogen-bond donors (Lipinski definition) is 18. The van der Waals surface area contributed by atoms with Gasteiger partial charge < -0.3 is 93.8 Å². The first-order valence-electron chi connectivity index (χ1n) is 31.7. The van der Waals surface area contributed by atoms with Crippen LogP contribution in [-0.2, 0) is 14.4 Å². The molecule has 0 fully saturated rings. The average Bonchev–Trinajstić information content (AvgIpc) is 0.828. The number of carboxylic acid groups (broad SMARTS) is 3. The molecule has 0 aliphatic carbocycles. The van der Waals surface area contributed by atoms with Crippen LogP contribution >= 0.6 is 24.8 Å². The first kappa shape index (κ1) is 78.5. The van der Waals surface area contributed by atoms with Gasteiger partial charge in [-0.2, -0.15) is 0 Å². The molecular weight excluding hydrogens is 1370 g/mol. The molecule has 544 valence electrons. The Hall–Kier alpha value is -11.5. The van der Waals surface area contributed by atoms with E-state index in [9.17, 15) is 98.2 Å². The molecule has 39 heteroatoms. The normalized spacial score (nSPS) is 15.4. The number of nitrogens with zero attached hydrogens (tertiary/aromatic N) is 6. The number of unbranched alkanes of at least 4 members (excludes halogenated alkanes) is 2. The van der Waals surface area contributed by atoms with Crippen molar-refractivity contribution in [1.29, 1.82) is 0 Å². The number of rotatable bonds is 23. The topological polar surface area (TPSA) is 527 Å². The lowest BCUT2D eigenvalue weighted by molar-refractivity contribution is -0.140. The number of carboxylic acids is 3. The van der Waals surface area contributed by atoms with Crippen LogP contribution in [-0.4, -0.2) is 212 Å². The van der Waals surface area contributed by atoms with E-state index in [1.807, 2.05) is 0 Å². The summed E-state index contributed by atoms with van der Waals surface area (Å²) in [6.45, 7) is -0.383. The number of hydrogen-bond acceptors (Lipinski definition) is 22. The molecule has 37 nitrogen and oxygen atoms in total. The van der Waals surface area contributed by atoms with Crippen molar-refractivity contribution < 1.29 is 84.1 Å². The van der Waals surface area contributed by atoms with Gasteiger partial charge in [-0.1, -0.05) is 12.1 Å². The number of amides is 8. The van der Waals surface area contributed by atoms with Gasteiger partial charge >= 0.3 is 23.9 Å². The second kappa shape index (κ2) is 38.6. The summed E-state index contributed by atoms with van der Waals surface area (Å²) < 4.78 is 0.215. The van der Waals surface area contributed by atoms with Gasteiger partial charge in [0, 0.05) is 88.3 Å². The molecule has 4 bridgehead atoms. The number of nitrogens with one attached hydrogen (secondary N) is 10. The molecule has 4 aromatic heterocycles. The van der Waals surface area contributed by atoms with Crippen molar-refractivity contribution in [3.63, 3.8) is 0 Å². The third-order valence-corrected chi connectivity index (χ3v) is 16.1. The molecule has 8 rings (SSSR count). The third kappa shape index (κ3) is 23.6. The van der Waals surface area contributed by atoms with E-state index >= 15 is 0 Å². The SMILES string of the molecule is O=C(O)CC[C@H](NC(=O)N[C@@H](CCCCN[C@H](S)Nc1ccc(NC(=S)NCCCC[C@H]2CNC(=O)c3ccc(c(=O)n3O)C(=O)NCCCN(C(=O)c3cccc(=O)n3O)CCCCN(C(=O)c3cccc(=O)n3O)CCCNC(=O)c3ccc(n(O)c3=O)C(=O)N2)cc1)C(=O)O)C(=O)O. The molecule has 8 amide bonds. The summed E-state index contributed by atoms with van der Waals surface area (Å²) in [6.07, 6.45) is 1.10. The largest absolute Gasteiger partial charge is 0.481 e. The van der Waals surface area contributed by atoms with Gasteiger partial charge in [-0.05, 0) is 150 Å². The maximum absolute atomic E-state index is 13.9. The maximum Gasteiger partial charge on any atom is 0.326 e. The van der Waals surface area contributed by atoms with E-state index in [-0.39, 0.29) is 115 Å². The fourth-order valence-corrected chi connectivity index (χ4v) is 10.6. The Bertz CT molecular complexity index is 4090. The number of anilines is 2. The number of thiol groups is 1. The van der Waals surface area contributed by atoms with Gasteiger partial charge in [0.2, 0.25) is 0 Å². The van der Waals surface area contributed by atoms with Crippen molar-refractivity contribution in [2.24, 2.45) is 0 Å². The highest BCUT2D eigenvalue weighted by molar-refractivity contribution is 7.81. The number of benzene rings is 1. The predicted octanol–water partition coefficient (Wildman–Crippen LogP) is -0.258. The summed E-state index contributed by atoms with van der Waals surface area (Å²) in [5, 5.41) is 97.6. The number of aromatic nitrogens is 4. The first-order valence-corrected chi connectivity index (χ1v) is 32.6. The highest BCUT2D eigenvalue weighted by Crippen LogP contribution is 2.16. The quantitative estimate of drug-likeness (QED) is 0.0132. The molecule has 17 N–H and O–H groups in total. The van der Waals surface area contributed by atoms with Gasteiger partial charge in [-0.25, -0.2) is 14.4 Å². The minimum absolute atomic E-state index is 0.00443. The molecule has 101 heavy (non-hydrogen) atoms. The van der Waals surface area contributed by atoms with Gasteiger partial charge in [-0.3, -0.25) is 58.1 Å². The number of urea groups is 1. The Labute approximate surface area is 584 Å². The van der Waals surface area contributed by atoms with Crippen molar-refractivity contribution in [3.05, 3.63) is 160 Å². The molecular formula is C62H78N16O21S2. The zero-order valence-electron chi connectivity index (χ0n) is 54.1. The molecule has 7 heterocycles. The van der Waals surface area contributed by atoms with Crippen molar-refractivity contribution >= 4 is 101 Å². The van der Waals surface area contributed by atoms with Crippen LogP contribution in [0.3, 0.4) is 0 Å². The molecule has 1 aromatic carbocycles. The lowest BCUT2D eigenvalue weighted by atomic mass is 10.1. The minimum atomic E-state index is -1.54. The second-order valence-electron chi connectivity index (χ2n) is 22.8. The summed E-state index contributed by atoms with van der Waals surface area (Å²) in [5.74, 6) is -9.71. The van der Waals surface area contributed by atoms with Gasteiger partial charge in [0.15, 0.2) is 5.11 Å². The first-order chi connectivity index (χ1) is 48.1. The molecule has 0 saturated carbocycles. The smallest absolute Gasteiger partial charge is 0.326 e. The van der Waals surface area contributed by atoms with Crippen LogP contribution in [0.4, 0.5) is 16.2 Å². The number of carbonyl (C=O) groups is 10. The van der Waals surface area contributed by atoms with E-state index in [4.69, 9.17) is 17.3 Å². The van der Waals surface area contributed by atoms with E-state index in [1.165, 1.54) is 34.1 Å². The molecule has 5 aromatic rings. The number of thiocarbonyl (C=S) groups is 1. The highest BCUT2D eigenvalue weighted by atomic mass is 32.1. The van der Waals surface area contributed by atoms with E-state index in [0.29, 0.717) is 43.6 Å². The van der Waals surface area contributed by atoms with Crippen molar-refractivity contribution in [2.75, 3.05) is 69.5 Å². The Morgan fingerprint density at radius 2 is 1.03 bits per heavy atom. The van der Waals surface area contributed by atoms with Crippen LogP contribution in [0.1, 0.15) is 140 Å². The monoisotopic (exact) mass is 1450 g/mol. The molecule has 4 atom stereocenters. The summed E-state index contributed by atoms with van der Waals surface area (Å²) >= 11 is 10.0. The Kier molecular flexibility index (Phi) is 30.0. The fraction of sp³-hybridized carbons (Fsp3) is 0.403. The zero-order chi connectivity index (χ0) is 73.9. The Balaban J connectivity index is 1.07. The standard InChI is InChI=1S/C62H78N16O21S2/c79-47-15-7-13-45(75(47)96)56(89)73-31-5-6-32-74(57(90)46-14-8-16-48(80)76(46)97)34-10-30-64-51(84)40-22-25-44(78(99)55(40)88)53(86)68-38(35-67-52(85)43-24-21-39(54(87)77(43)98)50(83)63-29-9-33-73)11-1-3-27-65-61(100)69-36-17-19-37(20-18-36)70-62(101)66-28-4-2-12-41(58(91)92)71-60(95)72-42(59(93)94)23-26-49(81)82/h7-8,13-22,24-25,38,41-42,62,66,70,96-99,101H,1-6,9-12,23,26-35H2,(H,63,83)(H,64,84)(H,67,85)(H,68,86)(H,81,82)(H,91,92)(H,93,94)(H2,65,69,100)(H2,71,72,95)/t38-,41-,42-,62-/m0/s1. The number of carbonyl (C=O) groups excluding carboxylic acids is 7. The molecule has 0 radical (unpaired) electrons. The third-order valence-electron chi connectivity index (χ3n) is 15.5. The Morgan fingerprint density at radius 1 is 0.545 bits per heavy atom. The van der Waals surface area contributed by atoms with Gasteiger partial charge in [0.05, 0.1) is 0 Å². The molecule has 3 aliphatic rings. The van der Waals surface area contributed by atoms with Crippen LogP contribution in [0, 0.1) is 0 Å². The summed E-state index contributed by atoms with van der Waals surface area (Å²) in [4.78, 5) is 182. The summed E-state index contributed by atoms with van der Waals surface area (Å²) in [5.41, 5.74) is -6.96. The van der Waals surface area contributed by atoms with Crippen LogP contribution in [0.5, 0.6) is 0 Å². The van der Waals surface area contributed by atoms with E-state index < -0.39 is 152 Å². The van der Waals surface area contributed by atoms with Crippen molar-refractivity contribution in [2.45, 2.75) is 101 Å². The van der Waals surface area contributed by atoms with E-state index in [0.717, 1.165) is 36.4 Å². The van der Waals surface area contributed by atoms with Gasteiger partial charge in [0.1, 0.15) is 51.5 Å². The molecule has 0 spiro atoms. The number of aliphatic carboxylic acids is 3. The second-order valence-corrected chi connectivity index (χ2v) is 23.7. The van der Waals surface area contributed by atoms with E-state index in [2.05, 4.69) is 65.8 Å². The average molecular weight is 1450 g/mol. The lowest BCUT2D eigenvalue weighted by Gasteiger charge is -2.26. The number of pyridine rings is 4. The summed E-state index contributed by atoms with van der Waals surface area (Å²) in [7, 11) is 0. The van der Waals surface area contributed by atoms with Crippen LogP contribution in [0.15, 0.2) is 104 Å². The Morgan fingerprint density at radius 3 is 1.54 bits per heavy atom. The van der Waals surface area contributed by atoms with Crippen molar-refractivity contribution in [3.8, 4) is 0 Å². The number of fused-ring (bicyclic) bond motifs is 2. The van der Waals surface area contributed by atoms with Crippen LogP contribution in [0.25, 0.3) is 0 Å². The highest BCUT2D eigenvalue weighted by Gasteiger charge is 2.28. The van der Waals surface area contributed by atoms with Gasteiger partial charge in [-0.15, -0.1) is 31.6 Å². The molecule has 3 aliphatic heterocycles. The molecule has 0 unspecified atom stereocenters. The fourth-order valence-electron chi connectivity index (χ4n) is 10.1. The maximum atomic E-state index is 13.9. The van der Waals surface area contributed by atoms with Crippen LogP contribution in [0.2, 0.25) is 0 Å². The lowest BCUT2D eigenvalue weighted by Crippen LogP contribution is -2.51. The summed E-state index contributed by atoms with van der Waals surface area (Å²) in [6, 6.07) is 12.9. The van der Waals surface area contributed by atoms with Crippen LogP contribution < -0.4 is 75.4 Å². The zero-order valence-corrected chi connectivity index (χ0v) is 55.8. The van der Waals surface area contributed by atoms with Crippen molar-refractivity contribution in [1.82, 2.24) is 71.3 Å². The van der Waals surface area contributed by atoms with Gasteiger partial charge in [0.25, 0.3) is 57.7 Å².